The number of aromatic nitrogens is 2. The Hall–Kier alpha value is -2.63. The smallest absolute Gasteiger partial charge is 0.248 e. The zero-order chi connectivity index (χ0) is 15.7. The summed E-state index contributed by atoms with van der Waals surface area (Å²) in [6.07, 6.45) is 6.23. The van der Waals surface area contributed by atoms with Crippen LogP contribution in [0.4, 0.5) is 4.39 Å². The Morgan fingerprint density at radius 2 is 2.00 bits per heavy atom. The molecular formula is C16H17FN4O. The molecule has 1 aromatic heterocycles. The van der Waals surface area contributed by atoms with Crippen molar-refractivity contribution in [2.45, 2.75) is 25.7 Å². The molecule has 1 aliphatic rings. The maximum absolute atomic E-state index is 13.2. The van der Waals surface area contributed by atoms with Gasteiger partial charge in [-0.2, -0.15) is 5.10 Å². The number of carbonyl (C=O) groups is 1. The second-order valence-corrected chi connectivity index (χ2v) is 5.66. The molecule has 1 unspecified atom stereocenters. The van der Waals surface area contributed by atoms with Gasteiger partial charge in [0.25, 0.3) is 0 Å². The minimum atomic E-state index is -0.464. The molecule has 0 spiro atoms. The van der Waals surface area contributed by atoms with Gasteiger partial charge in [0.2, 0.25) is 12.2 Å². The summed E-state index contributed by atoms with van der Waals surface area (Å²) < 4.78 is 14.8. The van der Waals surface area contributed by atoms with Gasteiger partial charge in [0, 0.05) is 24.7 Å². The zero-order valence-corrected chi connectivity index (χ0v) is 12.4. The molecule has 1 aliphatic heterocycles. The highest BCUT2D eigenvalue weighted by molar-refractivity contribution is 5.88. The van der Waals surface area contributed by atoms with Gasteiger partial charge in [0.05, 0.1) is 5.54 Å². The molecule has 2 aromatic rings. The molecular weight excluding hydrogens is 283 g/mol. The fourth-order valence-corrected chi connectivity index (χ4v) is 2.59. The van der Waals surface area contributed by atoms with E-state index in [1.54, 1.807) is 41.5 Å². The fraction of sp³-hybridized carbons (Fsp3) is 0.250. The minimum Gasteiger partial charge on any atom is -0.330 e. The van der Waals surface area contributed by atoms with E-state index < -0.39 is 11.8 Å². The van der Waals surface area contributed by atoms with Crippen LogP contribution in [0.25, 0.3) is 0 Å². The lowest BCUT2D eigenvalue weighted by molar-refractivity contribution is -0.122. The van der Waals surface area contributed by atoms with Gasteiger partial charge in [0.15, 0.2) is 0 Å². The van der Waals surface area contributed by atoms with E-state index in [1.165, 1.54) is 18.2 Å². The summed E-state index contributed by atoms with van der Waals surface area (Å²) in [5.41, 5.74) is 0.473. The number of rotatable bonds is 3. The van der Waals surface area contributed by atoms with E-state index in [9.17, 15) is 9.18 Å². The third kappa shape index (κ3) is 2.47. The minimum absolute atomic E-state index is 0.174. The second kappa shape index (κ2) is 5.29. The molecule has 1 atom stereocenters. The van der Waals surface area contributed by atoms with E-state index in [-0.39, 0.29) is 11.7 Å². The van der Waals surface area contributed by atoms with E-state index in [0.717, 1.165) is 5.56 Å². The molecule has 0 fully saturated rings. The summed E-state index contributed by atoms with van der Waals surface area (Å²) in [6.45, 7) is 4.02. The predicted octanol–water partition coefficient (Wildman–Crippen LogP) is 2.36. The second-order valence-electron chi connectivity index (χ2n) is 5.66. The maximum atomic E-state index is 13.2. The lowest BCUT2D eigenvalue weighted by atomic mass is 9.92. The molecule has 1 N–H and O–H groups in total. The molecule has 5 nitrogen and oxygen atoms in total. The summed E-state index contributed by atoms with van der Waals surface area (Å²) in [6, 6.07) is 8.17. The van der Waals surface area contributed by atoms with Crippen molar-refractivity contribution in [1.29, 1.82) is 0 Å². The van der Waals surface area contributed by atoms with Crippen molar-refractivity contribution in [3.63, 3.8) is 0 Å². The average Bonchev–Trinajstić information content (AvgIpc) is 3.01. The van der Waals surface area contributed by atoms with Crippen LogP contribution in [-0.2, 0) is 10.3 Å². The number of benzene rings is 1. The van der Waals surface area contributed by atoms with Crippen molar-refractivity contribution < 1.29 is 9.18 Å². The van der Waals surface area contributed by atoms with Crippen molar-refractivity contribution in [3.8, 4) is 0 Å². The van der Waals surface area contributed by atoms with Crippen molar-refractivity contribution in [1.82, 2.24) is 20.0 Å². The SMILES string of the molecule is CC(C)(c1ccc(F)cc1)N1C=CC(=O)NC1n1cccn1. The maximum Gasteiger partial charge on any atom is 0.248 e. The van der Waals surface area contributed by atoms with E-state index in [0.29, 0.717) is 0 Å². The van der Waals surface area contributed by atoms with Gasteiger partial charge in [-0.15, -0.1) is 0 Å². The van der Waals surface area contributed by atoms with Crippen LogP contribution in [0.2, 0.25) is 0 Å². The van der Waals surface area contributed by atoms with Crippen LogP contribution < -0.4 is 5.32 Å². The van der Waals surface area contributed by atoms with Crippen LogP contribution >= 0.6 is 0 Å². The van der Waals surface area contributed by atoms with Gasteiger partial charge < -0.3 is 10.2 Å². The first-order chi connectivity index (χ1) is 10.5. The van der Waals surface area contributed by atoms with Gasteiger partial charge in [-0.3, -0.25) is 4.79 Å². The molecule has 0 saturated heterocycles. The van der Waals surface area contributed by atoms with E-state index in [2.05, 4.69) is 10.4 Å². The first-order valence-electron chi connectivity index (χ1n) is 7.01. The van der Waals surface area contributed by atoms with Crippen molar-refractivity contribution in [2.75, 3.05) is 0 Å². The highest BCUT2D eigenvalue weighted by Crippen LogP contribution is 2.33. The van der Waals surface area contributed by atoms with E-state index in [1.807, 2.05) is 18.7 Å². The van der Waals surface area contributed by atoms with Crippen LogP contribution in [-0.4, -0.2) is 20.6 Å². The number of carbonyl (C=O) groups excluding carboxylic acids is 1. The van der Waals surface area contributed by atoms with Crippen LogP contribution in [0, 0.1) is 5.82 Å². The van der Waals surface area contributed by atoms with E-state index in [4.69, 9.17) is 0 Å². The first-order valence-corrected chi connectivity index (χ1v) is 7.01. The normalized spacial score (nSPS) is 18.4. The predicted molar refractivity (Wildman–Crippen MR) is 79.8 cm³/mol. The molecule has 0 saturated carbocycles. The Labute approximate surface area is 128 Å². The number of amides is 1. The van der Waals surface area contributed by atoms with Gasteiger partial charge in [0.1, 0.15) is 5.82 Å². The summed E-state index contributed by atoms with van der Waals surface area (Å²) in [4.78, 5) is 13.7. The molecule has 114 valence electrons. The number of nitrogens with one attached hydrogen (secondary N) is 1. The Balaban J connectivity index is 2.00. The Morgan fingerprint density at radius 1 is 1.27 bits per heavy atom. The van der Waals surface area contributed by atoms with Crippen LogP contribution in [0.15, 0.2) is 55.0 Å². The van der Waals surface area contributed by atoms with Gasteiger partial charge in [-0.25, -0.2) is 9.07 Å². The molecule has 22 heavy (non-hydrogen) atoms. The Kier molecular flexibility index (Phi) is 3.44. The summed E-state index contributed by atoms with van der Waals surface area (Å²) in [5.74, 6) is -0.447. The monoisotopic (exact) mass is 300 g/mol. The van der Waals surface area contributed by atoms with Crippen LogP contribution in [0.5, 0.6) is 0 Å². The molecule has 2 heterocycles. The fourth-order valence-electron chi connectivity index (χ4n) is 2.59. The average molecular weight is 300 g/mol. The molecule has 3 rings (SSSR count). The lowest BCUT2D eigenvalue weighted by Gasteiger charge is -2.45. The highest BCUT2D eigenvalue weighted by atomic mass is 19.1. The zero-order valence-electron chi connectivity index (χ0n) is 12.4. The van der Waals surface area contributed by atoms with Gasteiger partial charge in [-0.05, 0) is 37.6 Å². The number of hydrogen-bond acceptors (Lipinski definition) is 3. The lowest BCUT2D eigenvalue weighted by Crippen LogP contribution is -2.52. The van der Waals surface area contributed by atoms with Gasteiger partial charge >= 0.3 is 0 Å². The summed E-state index contributed by atoms with van der Waals surface area (Å²) in [5, 5.41) is 7.09. The van der Waals surface area contributed by atoms with Crippen LogP contribution in [0.3, 0.4) is 0 Å². The van der Waals surface area contributed by atoms with Crippen molar-refractivity contribution >= 4 is 5.91 Å². The quantitative estimate of drug-likeness (QED) is 0.946. The first kappa shape index (κ1) is 14.3. The van der Waals surface area contributed by atoms with Gasteiger partial charge in [-0.1, -0.05) is 12.1 Å². The van der Waals surface area contributed by atoms with Crippen LogP contribution in [0.1, 0.15) is 25.7 Å². The highest BCUT2D eigenvalue weighted by Gasteiger charge is 2.35. The number of halogens is 1. The molecule has 1 aromatic carbocycles. The summed E-state index contributed by atoms with van der Waals surface area (Å²) in [7, 11) is 0. The standard InChI is InChI=1S/C16H17FN4O/c1-16(2,12-4-6-13(17)7-5-12)20-11-8-14(22)19-15(20)21-10-3-9-18-21/h3-11,15H,1-2H3,(H,19,22). The molecule has 0 bridgehead atoms. The number of hydrogen-bond donors (Lipinski definition) is 1. The number of nitrogens with zero attached hydrogens (tertiary/aromatic N) is 3. The van der Waals surface area contributed by atoms with E-state index >= 15 is 0 Å². The third-order valence-corrected chi connectivity index (χ3v) is 3.89. The Morgan fingerprint density at radius 3 is 2.64 bits per heavy atom. The Bertz CT molecular complexity index is 691. The largest absolute Gasteiger partial charge is 0.330 e. The molecule has 0 aliphatic carbocycles. The van der Waals surface area contributed by atoms with Crippen molar-refractivity contribution in [2.24, 2.45) is 0 Å². The topological polar surface area (TPSA) is 50.2 Å². The van der Waals surface area contributed by atoms with Crippen molar-refractivity contribution in [3.05, 3.63) is 66.4 Å². The molecule has 0 radical (unpaired) electrons. The summed E-state index contributed by atoms with van der Waals surface area (Å²) >= 11 is 0. The molecule has 1 amide bonds. The molecule has 6 heteroatoms. The third-order valence-electron chi connectivity index (χ3n) is 3.89.